The average molecular weight is 419 g/mol. The van der Waals surface area contributed by atoms with Gasteiger partial charge in [-0.1, -0.05) is 0 Å². The zero-order valence-electron chi connectivity index (χ0n) is 15.9. The van der Waals surface area contributed by atoms with E-state index in [9.17, 15) is 21.0 Å². The fourth-order valence-electron chi connectivity index (χ4n) is 4.29. The van der Waals surface area contributed by atoms with E-state index >= 15 is 0 Å². The number of aryl methyl sites for hydroxylation is 2. The van der Waals surface area contributed by atoms with Gasteiger partial charge in [-0.25, -0.2) is 0 Å². The maximum atomic E-state index is 9.57. The van der Waals surface area contributed by atoms with Crippen molar-refractivity contribution in [1.29, 1.82) is 21.0 Å². The van der Waals surface area contributed by atoms with Crippen LogP contribution in [0.3, 0.4) is 0 Å². The lowest BCUT2D eigenvalue weighted by atomic mass is 9.94. The lowest BCUT2D eigenvalue weighted by Gasteiger charge is -2.09. The van der Waals surface area contributed by atoms with Crippen molar-refractivity contribution in [2.45, 2.75) is 13.8 Å². The molecule has 0 atom stereocenters. The van der Waals surface area contributed by atoms with Gasteiger partial charge in [-0.15, -0.1) is 22.7 Å². The van der Waals surface area contributed by atoms with Crippen LogP contribution in [-0.2, 0) is 0 Å². The van der Waals surface area contributed by atoms with E-state index in [2.05, 4.69) is 24.3 Å². The van der Waals surface area contributed by atoms with Crippen molar-refractivity contribution in [2.75, 3.05) is 0 Å². The fourth-order valence-corrected chi connectivity index (χ4v) is 6.39. The molecule has 1 aromatic carbocycles. The van der Waals surface area contributed by atoms with E-state index in [0.717, 1.165) is 52.9 Å². The monoisotopic (exact) mass is 418 g/mol. The molecule has 2 heterocycles. The summed E-state index contributed by atoms with van der Waals surface area (Å²) >= 11 is 3.24. The van der Waals surface area contributed by atoms with Crippen molar-refractivity contribution < 1.29 is 0 Å². The molecule has 0 bridgehead atoms. The van der Waals surface area contributed by atoms with Crippen LogP contribution in [0.1, 0.15) is 32.0 Å². The molecule has 0 N–H and O–H groups in total. The van der Waals surface area contributed by atoms with Crippen molar-refractivity contribution in [3.8, 4) is 45.2 Å². The molecule has 0 aliphatic heterocycles. The van der Waals surface area contributed by atoms with Crippen LogP contribution in [0.25, 0.3) is 32.0 Å². The van der Waals surface area contributed by atoms with E-state index in [1.165, 1.54) is 0 Å². The number of nitrogens with zero attached hydrogens (tertiary/aromatic N) is 4. The summed E-state index contributed by atoms with van der Waals surface area (Å²) in [5.74, 6) is 0. The topological polar surface area (TPSA) is 95.2 Å². The maximum absolute atomic E-state index is 9.57. The highest BCUT2D eigenvalue weighted by Crippen LogP contribution is 2.56. The van der Waals surface area contributed by atoms with Crippen LogP contribution in [0, 0.1) is 59.2 Å². The normalized spacial score (nSPS) is 12.1. The average Bonchev–Trinajstić information content (AvgIpc) is 3.43. The third kappa shape index (κ3) is 2.21. The number of allylic oxidation sites excluding steroid dienone is 2. The molecule has 0 fully saturated rings. The number of nitriles is 4. The molecular formula is C24H10N4S2. The summed E-state index contributed by atoms with van der Waals surface area (Å²) in [4.78, 5) is 4.23. The van der Waals surface area contributed by atoms with Crippen LogP contribution in [0.15, 0.2) is 35.4 Å². The van der Waals surface area contributed by atoms with E-state index in [1.54, 1.807) is 22.7 Å². The zero-order valence-corrected chi connectivity index (χ0v) is 17.5. The molecule has 30 heavy (non-hydrogen) atoms. The van der Waals surface area contributed by atoms with Crippen LogP contribution in [-0.4, -0.2) is 0 Å². The van der Waals surface area contributed by atoms with Crippen molar-refractivity contribution in [1.82, 2.24) is 0 Å². The minimum atomic E-state index is 0.0961. The zero-order chi connectivity index (χ0) is 21.2. The highest BCUT2D eigenvalue weighted by atomic mass is 32.1. The molecule has 0 saturated heterocycles. The van der Waals surface area contributed by atoms with Gasteiger partial charge in [0.1, 0.15) is 35.4 Å². The summed E-state index contributed by atoms with van der Waals surface area (Å²) in [6.45, 7) is 4.00. The van der Waals surface area contributed by atoms with E-state index < -0.39 is 0 Å². The Bertz CT molecular complexity index is 1400. The van der Waals surface area contributed by atoms with Gasteiger partial charge in [-0.2, -0.15) is 21.0 Å². The number of fused-ring (bicyclic) bond motifs is 6. The second-order valence-corrected chi connectivity index (χ2v) is 9.60. The number of thiophene rings is 2. The number of hydrogen-bond acceptors (Lipinski definition) is 6. The predicted octanol–water partition coefficient (Wildman–Crippen LogP) is 6.09. The highest BCUT2D eigenvalue weighted by molar-refractivity contribution is 7.16. The van der Waals surface area contributed by atoms with Crippen LogP contribution in [0.2, 0.25) is 0 Å². The van der Waals surface area contributed by atoms with Gasteiger partial charge >= 0.3 is 0 Å². The third-order valence-electron chi connectivity index (χ3n) is 5.38. The minimum absolute atomic E-state index is 0.0961. The van der Waals surface area contributed by atoms with E-state index in [-0.39, 0.29) is 11.1 Å². The molecule has 0 radical (unpaired) electrons. The Hall–Kier alpha value is -3.94. The molecule has 2 aromatic heterocycles. The molecular weight excluding hydrogens is 408 g/mol. The number of rotatable bonds is 0. The Kier molecular flexibility index (Phi) is 3.79. The van der Waals surface area contributed by atoms with Gasteiger partial charge in [0.2, 0.25) is 0 Å². The summed E-state index contributed by atoms with van der Waals surface area (Å²) in [5.41, 5.74) is 6.96. The Morgan fingerprint density at radius 1 is 0.567 bits per heavy atom. The minimum Gasteiger partial charge on any atom is -0.192 e. The number of hydrogen-bond donors (Lipinski definition) is 0. The first-order valence-corrected chi connectivity index (χ1v) is 10.7. The van der Waals surface area contributed by atoms with Gasteiger partial charge in [0.05, 0.1) is 0 Å². The van der Waals surface area contributed by atoms with Crippen molar-refractivity contribution in [3.05, 3.63) is 67.4 Å². The van der Waals surface area contributed by atoms with Gasteiger partial charge in [-0.3, -0.25) is 0 Å². The molecule has 2 aliphatic rings. The lowest BCUT2D eigenvalue weighted by molar-refractivity contribution is 1.45. The second-order valence-electron chi connectivity index (χ2n) is 7.09. The van der Waals surface area contributed by atoms with Gasteiger partial charge in [0.25, 0.3) is 0 Å². The largest absolute Gasteiger partial charge is 0.192 e. The van der Waals surface area contributed by atoms with Gasteiger partial charge in [0, 0.05) is 52.9 Å². The van der Waals surface area contributed by atoms with Crippen LogP contribution < -0.4 is 0 Å². The molecule has 0 unspecified atom stereocenters. The van der Waals surface area contributed by atoms with E-state index in [0.29, 0.717) is 11.1 Å². The Balaban J connectivity index is 1.93. The highest BCUT2D eigenvalue weighted by Gasteiger charge is 2.35. The quantitative estimate of drug-likeness (QED) is 0.284. The predicted molar refractivity (Wildman–Crippen MR) is 117 cm³/mol. The van der Waals surface area contributed by atoms with Crippen LogP contribution in [0.5, 0.6) is 0 Å². The number of benzene rings is 1. The Morgan fingerprint density at radius 3 is 1.27 bits per heavy atom. The first-order chi connectivity index (χ1) is 14.5. The van der Waals surface area contributed by atoms with E-state index in [4.69, 9.17) is 0 Å². The van der Waals surface area contributed by atoms with E-state index in [1.807, 2.05) is 38.1 Å². The molecule has 0 spiro atoms. The van der Waals surface area contributed by atoms with Crippen LogP contribution in [0.4, 0.5) is 0 Å². The first kappa shape index (κ1) is 18.1. The molecule has 138 valence electrons. The second kappa shape index (κ2) is 6.28. The Labute approximate surface area is 181 Å². The SMILES string of the molecule is Cc1cc2c(s1)-c1cc3c(cc1C2=C(C#N)C#N)-c1sc(C)cc1C3=C(C#N)C#N. The standard InChI is InChI=1S/C24H10N4S2/c1-11-3-19-21(13(7-25)8-26)15-6-18-16(5-17(15)23(19)29-11)22(14(9-27)10-28)20-4-12(2)30-24(18)20/h3-6H,1-2H3. The van der Waals surface area contributed by atoms with Gasteiger partial charge in [-0.05, 0) is 49.2 Å². The summed E-state index contributed by atoms with van der Waals surface area (Å²) in [7, 11) is 0. The third-order valence-corrected chi connectivity index (χ3v) is 7.55. The van der Waals surface area contributed by atoms with Crippen molar-refractivity contribution in [3.63, 3.8) is 0 Å². The first-order valence-electron chi connectivity index (χ1n) is 9.02. The summed E-state index contributed by atoms with van der Waals surface area (Å²) < 4.78 is 0. The summed E-state index contributed by atoms with van der Waals surface area (Å²) in [6.07, 6.45) is 0. The Morgan fingerprint density at radius 2 is 0.933 bits per heavy atom. The molecule has 5 rings (SSSR count). The van der Waals surface area contributed by atoms with Crippen molar-refractivity contribution in [2.24, 2.45) is 0 Å². The molecule has 6 heteroatoms. The lowest BCUT2D eigenvalue weighted by Crippen LogP contribution is -1.91. The summed E-state index contributed by atoms with van der Waals surface area (Å²) in [6, 6.07) is 16.3. The smallest absolute Gasteiger partial charge is 0.138 e. The van der Waals surface area contributed by atoms with Crippen LogP contribution >= 0.6 is 22.7 Å². The molecule has 0 amide bonds. The molecule has 2 aliphatic carbocycles. The van der Waals surface area contributed by atoms with Crippen molar-refractivity contribution >= 4 is 33.8 Å². The molecule has 3 aromatic rings. The summed E-state index contributed by atoms with van der Waals surface area (Å²) in [5, 5.41) is 38.3. The molecule has 4 nitrogen and oxygen atoms in total. The molecule has 0 saturated carbocycles. The fraction of sp³-hybridized carbons (Fsp3) is 0.0833. The van der Waals surface area contributed by atoms with Gasteiger partial charge in [0.15, 0.2) is 0 Å². The maximum Gasteiger partial charge on any atom is 0.138 e. The van der Waals surface area contributed by atoms with Gasteiger partial charge < -0.3 is 0 Å².